The Labute approximate surface area is 116 Å². The second-order valence-electron chi connectivity index (χ2n) is 5.11. The number of hydrogen-bond acceptors (Lipinski definition) is 3. The first-order valence-corrected chi connectivity index (χ1v) is 7.35. The van der Waals surface area contributed by atoms with Crippen molar-refractivity contribution in [1.82, 2.24) is 4.90 Å². The molecule has 18 heavy (non-hydrogen) atoms. The van der Waals surface area contributed by atoms with Crippen molar-refractivity contribution in [2.45, 2.75) is 38.8 Å². The topological polar surface area (TPSA) is 21.7 Å². The van der Waals surface area contributed by atoms with Crippen molar-refractivity contribution in [3.8, 4) is 11.5 Å². The number of hydrogen-bond donors (Lipinski definition) is 0. The zero-order valence-corrected chi connectivity index (χ0v) is 12.2. The molecule has 1 unspecified atom stereocenters. The van der Waals surface area contributed by atoms with Gasteiger partial charge in [-0.05, 0) is 44.0 Å². The Bertz CT molecular complexity index is 450. The molecule has 0 aromatic heterocycles. The van der Waals surface area contributed by atoms with Crippen LogP contribution in [0.5, 0.6) is 11.5 Å². The van der Waals surface area contributed by atoms with Crippen molar-refractivity contribution in [1.29, 1.82) is 0 Å². The average Bonchev–Trinajstić information content (AvgIpc) is 2.79. The van der Waals surface area contributed by atoms with E-state index in [-0.39, 0.29) is 0 Å². The van der Waals surface area contributed by atoms with Gasteiger partial charge in [0.2, 0.25) is 6.79 Å². The maximum atomic E-state index is 5.45. The highest BCUT2D eigenvalue weighted by Gasteiger charge is 2.21. The Morgan fingerprint density at radius 1 is 1.28 bits per heavy atom. The Hall–Kier alpha value is -0.740. The molecule has 2 aliphatic heterocycles. The largest absolute Gasteiger partial charge is 0.454 e. The third kappa shape index (κ3) is 2.36. The molecule has 0 saturated carbocycles. The van der Waals surface area contributed by atoms with E-state index in [0.717, 1.165) is 22.5 Å². The van der Waals surface area contributed by atoms with Gasteiger partial charge < -0.3 is 9.47 Å². The number of benzene rings is 1. The monoisotopic (exact) mass is 311 g/mol. The summed E-state index contributed by atoms with van der Waals surface area (Å²) in [6.07, 6.45) is 3.98. The number of ether oxygens (including phenoxy) is 2. The van der Waals surface area contributed by atoms with Crippen molar-refractivity contribution in [3.63, 3.8) is 0 Å². The molecule has 4 heteroatoms. The van der Waals surface area contributed by atoms with Crippen LogP contribution in [0.15, 0.2) is 16.6 Å². The lowest BCUT2D eigenvalue weighted by atomic mass is 10.0. The number of halogens is 1. The van der Waals surface area contributed by atoms with Crippen LogP contribution in [0.1, 0.15) is 31.7 Å². The minimum absolute atomic E-state index is 0.339. The fraction of sp³-hybridized carbons (Fsp3) is 0.571. The molecule has 0 amide bonds. The van der Waals surface area contributed by atoms with Crippen LogP contribution in [-0.2, 0) is 6.54 Å². The molecule has 0 aliphatic carbocycles. The van der Waals surface area contributed by atoms with Gasteiger partial charge in [-0.1, -0.05) is 22.4 Å². The number of fused-ring (bicyclic) bond motifs is 1. The van der Waals surface area contributed by atoms with E-state index >= 15 is 0 Å². The molecule has 98 valence electrons. The summed E-state index contributed by atoms with van der Waals surface area (Å²) in [5.41, 5.74) is 1.29. The van der Waals surface area contributed by atoms with E-state index in [9.17, 15) is 0 Å². The van der Waals surface area contributed by atoms with Gasteiger partial charge in [-0.3, -0.25) is 4.90 Å². The predicted molar refractivity (Wildman–Crippen MR) is 74.0 cm³/mol. The van der Waals surface area contributed by atoms with Gasteiger partial charge in [-0.15, -0.1) is 0 Å². The number of likely N-dealkylation sites (tertiary alicyclic amines) is 1. The van der Waals surface area contributed by atoms with E-state index in [4.69, 9.17) is 9.47 Å². The van der Waals surface area contributed by atoms with E-state index < -0.39 is 0 Å². The molecule has 0 bridgehead atoms. The second kappa shape index (κ2) is 5.10. The van der Waals surface area contributed by atoms with E-state index in [0.29, 0.717) is 12.8 Å². The number of rotatable bonds is 2. The van der Waals surface area contributed by atoms with Crippen molar-refractivity contribution in [2.24, 2.45) is 0 Å². The highest BCUT2D eigenvalue weighted by Crippen LogP contribution is 2.37. The van der Waals surface area contributed by atoms with Gasteiger partial charge in [0.1, 0.15) is 0 Å². The summed E-state index contributed by atoms with van der Waals surface area (Å²) in [7, 11) is 0. The fourth-order valence-electron chi connectivity index (χ4n) is 2.69. The zero-order chi connectivity index (χ0) is 12.5. The smallest absolute Gasteiger partial charge is 0.231 e. The molecule has 3 rings (SSSR count). The van der Waals surface area contributed by atoms with E-state index in [1.54, 1.807) is 0 Å². The SMILES string of the molecule is CC1CCCCN1Cc1cc2c(cc1Br)OCO2. The van der Waals surface area contributed by atoms with Crippen molar-refractivity contribution in [2.75, 3.05) is 13.3 Å². The maximum Gasteiger partial charge on any atom is 0.231 e. The molecule has 1 atom stereocenters. The van der Waals surface area contributed by atoms with Crippen LogP contribution in [0.2, 0.25) is 0 Å². The number of nitrogens with zero attached hydrogens (tertiary/aromatic N) is 1. The highest BCUT2D eigenvalue weighted by molar-refractivity contribution is 9.10. The second-order valence-corrected chi connectivity index (χ2v) is 5.97. The lowest BCUT2D eigenvalue weighted by Gasteiger charge is -2.33. The lowest BCUT2D eigenvalue weighted by Crippen LogP contribution is -2.36. The Morgan fingerprint density at radius 2 is 2.06 bits per heavy atom. The minimum atomic E-state index is 0.339. The molecule has 3 nitrogen and oxygen atoms in total. The summed E-state index contributed by atoms with van der Waals surface area (Å²) < 4.78 is 11.9. The molecular weight excluding hydrogens is 294 g/mol. The number of piperidine rings is 1. The molecule has 0 radical (unpaired) electrons. The van der Waals surface area contributed by atoms with Gasteiger partial charge >= 0.3 is 0 Å². The third-order valence-electron chi connectivity index (χ3n) is 3.86. The highest BCUT2D eigenvalue weighted by atomic mass is 79.9. The van der Waals surface area contributed by atoms with Crippen LogP contribution in [-0.4, -0.2) is 24.3 Å². The van der Waals surface area contributed by atoms with Crippen LogP contribution < -0.4 is 9.47 Å². The fourth-order valence-corrected chi connectivity index (χ4v) is 3.14. The van der Waals surface area contributed by atoms with Crippen molar-refractivity contribution < 1.29 is 9.47 Å². The van der Waals surface area contributed by atoms with Gasteiger partial charge in [-0.2, -0.15) is 0 Å². The molecule has 1 saturated heterocycles. The molecule has 1 aromatic carbocycles. The molecule has 0 spiro atoms. The molecule has 1 fully saturated rings. The average molecular weight is 312 g/mol. The third-order valence-corrected chi connectivity index (χ3v) is 4.59. The first-order chi connectivity index (χ1) is 8.74. The minimum Gasteiger partial charge on any atom is -0.454 e. The van der Waals surface area contributed by atoms with Gasteiger partial charge in [0.25, 0.3) is 0 Å². The maximum absolute atomic E-state index is 5.45. The Balaban J connectivity index is 1.79. The van der Waals surface area contributed by atoms with Gasteiger partial charge in [0.05, 0.1) is 0 Å². The summed E-state index contributed by atoms with van der Waals surface area (Å²) in [4.78, 5) is 2.55. The summed E-state index contributed by atoms with van der Waals surface area (Å²) >= 11 is 3.63. The zero-order valence-electron chi connectivity index (χ0n) is 10.6. The normalized spacial score (nSPS) is 23.3. The van der Waals surface area contributed by atoms with E-state index in [2.05, 4.69) is 33.8 Å². The molecule has 2 heterocycles. The van der Waals surface area contributed by atoms with Crippen LogP contribution in [0.4, 0.5) is 0 Å². The Morgan fingerprint density at radius 3 is 2.83 bits per heavy atom. The van der Waals surface area contributed by atoms with Crippen LogP contribution in [0.3, 0.4) is 0 Å². The van der Waals surface area contributed by atoms with Crippen molar-refractivity contribution in [3.05, 3.63) is 22.2 Å². The first kappa shape index (κ1) is 12.3. The van der Waals surface area contributed by atoms with Crippen LogP contribution in [0.25, 0.3) is 0 Å². The van der Waals surface area contributed by atoms with E-state index in [1.165, 1.54) is 31.4 Å². The summed E-state index contributed by atoms with van der Waals surface area (Å²) in [5.74, 6) is 1.72. The lowest BCUT2D eigenvalue weighted by molar-refractivity contribution is 0.152. The van der Waals surface area contributed by atoms with Gasteiger partial charge in [-0.25, -0.2) is 0 Å². The molecular formula is C14H18BrNO2. The van der Waals surface area contributed by atoms with E-state index in [1.807, 2.05) is 6.07 Å². The molecule has 2 aliphatic rings. The molecule has 0 N–H and O–H groups in total. The first-order valence-electron chi connectivity index (χ1n) is 6.56. The van der Waals surface area contributed by atoms with Gasteiger partial charge in [0.15, 0.2) is 11.5 Å². The Kier molecular flexibility index (Phi) is 3.48. The summed E-state index contributed by atoms with van der Waals surface area (Å²) in [6, 6.07) is 4.80. The standard InChI is InChI=1S/C14H18BrNO2/c1-10-4-2-3-5-16(10)8-11-6-13-14(7-12(11)15)18-9-17-13/h6-7,10H,2-5,8-9H2,1H3. The van der Waals surface area contributed by atoms with Crippen molar-refractivity contribution >= 4 is 15.9 Å². The summed E-state index contributed by atoms with van der Waals surface area (Å²) in [5, 5.41) is 0. The molecule has 1 aromatic rings. The summed E-state index contributed by atoms with van der Waals surface area (Å²) in [6.45, 7) is 4.84. The quantitative estimate of drug-likeness (QED) is 0.833. The van der Waals surface area contributed by atoms with Crippen LogP contribution in [0, 0.1) is 0 Å². The van der Waals surface area contributed by atoms with Gasteiger partial charge in [0, 0.05) is 17.1 Å². The van der Waals surface area contributed by atoms with Crippen LogP contribution >= 0.6 is 15.9 Å². The predicted octanol–water partition coefficient (Wildman–Crippen LogP) is 3.55.